The number of imidazole rings is 1. The Morgan fingerprint density at radius 1 is 1.18 bits per heavy atom. The van der Waals surface area contributed by atoms with Crippen LogP contribution in [0.15, 0.2) is 42.5 Å². The van der Waals surface area contributed by atoms with E-state index in [1.54, 1.807) is 0 Å². The van der Waals surface area contributed by atoms with Gasteiger partial charge in [0.25, 0.3) is 0 Å². The Kier molecular flexibility index (Phi) is 4.27. The van der Waals surface area contributed by atoms with Crippen LogP contribution in [0.5, 0.6) is 11.5 Å². The minimum atomic E-state index is -0.0668. The average molecular weight is 378 g/mol. The van der Waals surface area contributed by atoms with Gasteiger partial charge in [-0.3, -0.25) is 0 Å². The molecular weight excluding hydrogens is 356 g/mol. The van der Waals surface area contributed by atoms with Gasteiger partial charge in [0.15, 0.2) is 11.5 Å². The van der Waals surface area contributed by atoms with Crippen LogP contribution in [-0.2, 0) is 6.54 Å². The highest BCUT2D eigenvalue weighted by molar-refractivity contribution is 5.76. The largest absolute Gasteiger partial charge is 0.454 e. The van der Waals surface area contributed by atoms with E-state index < -0.39 is 0 Å². The summed E-state index contributed by atoms with van der Waals surface area (Å²) in [5.41, 5.74) is 2.92. The van der Waals surface area contributed by atoms with Crippen LogP contribution in [0.1, 0.15) is 36.7 Å². The van der Waals surface area contributed by atoms with Gasteiger partial charge in [-0.2, -0.15) is 0 Å². The van der Waals surface area contributed by atoms with Crippen LogP contribution in [0.25, 0.3) is 11.0 Å². The van der Waals surface area contributed by atoms with Crippen molar-refractivity contribution < 1.29 is 14.3 Å². The third-order valence-corrected chi connectivity index (χ3v) is 5.37. The molecule has 3 aromatic rings. The van der Waals surface area contributed by atoms with Crippen molar-refractivity contribution in [2.75, 3.05) is 13.3 Å². The van der Waals surface area contributed by atoms with Crippen molar-refractivity contribution >= 4 is 17.1 Å². The van der Waals surface area contributed by atoms with Crippen LogP contribution in [0.2, 0.25) is 0 Å². The van der Waals surface area contributed by atoms with Crippen molar-refractivity contribution in [1.29, 1.82) is 0 Å². The van der Waals surface area contributed by atoms with Gasteiger partial charge in [-0.15, -0.1) is 0 Å². The summed E-state index contributed by atoms with van der Waals surface area (Å²) in [5, 5.41) is 3.04. The smallest absolute Gasteiger partial charge is 0.318 e. The molecule has 1 atom stereocenters. The standard InChI is InChI=1S/C21H22N4O3/c26-21(22-12-14-8-9-18-19(11-14)28-13-27-18)25-10-4-3-7-17(25)20-23-15-5-1-2-6-16(15)24-20/h1-2,5-6,8-9,11,17H,3-4,7,10,12-13H2,(H,22,26)(H,23,24)/t17-/m0/s1. The number of fused-ring (bicyclic) bond motifs is 2. The van der Waals surface area contributed by atoms with E-state index in [2.05, 4.69) is 10.3 Å². The first-order valence-electron chi connectivity index (χ1n) is 9.65. The lowest BCUT2D eigenvalue weighted by molar-refractivity contribution is 0.147. The molecule has 7 heteroatoms. The van der Waals surface area contributed by atoms with E-state index in [0.717, 1.165) is 59.7 Å². The molecule has 3 heterocycles. The Hall–Kier alpha value is -3.22. The summed E-state index contributed by atoms with van der Waals surface area (Å²) >= 11 is 0. The molecule has 0 radical (unpaired) electrons. The highest BCUT2D eigenvalue weighted by atomic mass is 16.7. The minimum Gasteiger partial charge on any atom is -0.454 e. The van der Waals surface area contributed by atoms with Gasteiger partial charge in [-0.25, -0.2) is 9.78 Å². The van der Waals surface area contributed by atoms with E-state index in [9.17, 15) is 4.79 Å². The van der Waals surface area contributed by atoms with Gasteiger partial charge < -0.3 is 24.7 Å². The van der Waals surface area contributed by atoms with Gasteiger partial charge in [0.1, 0.15) is 5.82 Å². The predicted molar refractivity (Wildman–Crippen MR) is 104 cm³/mol. The lowest BCUT2D eigenvalue weighted by atomic mass is 10.0. The van der Waals surface area contributed by atoms with Gasteiger partial charge in [0.05, 0.1) is 17.1 Å². The molecule has 1 saturated heterocycles. The molecule has 2 N–H and O–H groups in total. The maximum Gasteiger partial charge on any atom is 0.318 e. The molecule has 1 fully saturated rings. The fourth-order valence-corrected chi connectivity index (χ4v) is 3.92. The monoisotopic (exact) mass is 378 g/mol. The number of urea groups is 1. The van der Waals surface area contributed by atoms with Gasteiger partial charge in [-0.05, 0) is 49.1 Å². The Morgan fingerprint density at radius 2 is 2.07 bits per heavy atom. The number of carbonyl (C=O) groups excluding carboxylic acids is 1. The second kappa shape index (κ2) is 7.07. The fourth-order valence-electron chi connectivity index (χ4n) is 3.92. The first-order valence-corrected chi connectivity index (χ1v) is 9.65. The SMILES string of the molecule is O=C(NCc1ccc2c(c1)OCO2)N1CCCC[C@H]1c1nc2ccccc2[nH]1. The number of hydrogen-bond donors (Lipinski definition) is 2. The molecule has 5 rings (SSSR count). The number of benzene rings is 2. The Morgan fingerprint density at radius 3 is 3.00 bits per heavy atom. The van der Waals surface area contributed by atoms with Crippen LogP contribution in [0, 0.1) is 0 Å². The number of aromatic nitrogens is 2. The van der Waals surface area contributed by atoms with Crippen molar-refractivity contribution in [1.82, 2.24) is 20.2 Å². The molecule has 0 spiro atoms. The van der Waals surface area contributed by atoms with E-state index in [1.165, 1.54) is 0 Å². The summed E-state index contributed by atoms with van der Waals surface area (Å²) in [6.45, 7) is 1.42. The second-order valence-electron chi connectivity index (χ2n) is 7.19. The molecule has 2 aliphatic heterocycles. The minimum absolute atomic E-state index is 0.0297. The number of H-pyrrole nitrogens is 1. The maximum absolute atomic E-state index is 12.9. The molecule has 0 bridgehead atoms. The lowest BCUT2D eigenvalue weighted by Gasteiger charge is -2.34. The number of aromatic amines is 1. The number of carbonyl (C=O) groups is 1. The van der Waals surface area contributed by atoms with Gasteiger partial charge in [0, 0.05) is 13.1 Å². The number of amides is 2. The van der Waals surface area contributed by atoms with Crippen LogP contribution >= 0.6 is 0 Å². The van der Waals surface area contributed by atoms with Crippen molar-refractivity contribution in [2.24, 2.45) is 0 Å². The molecule has 144 valence electrons. The molecule has 7 nitrogen and oxygen atoms in total. The summed E-state index contributed by atoms with van der Waals surface area (Å²) in [6.07, 6.45) is 3.01. The molecule has 0 unspecified atom stereocenters. The van der Waals surface area contributed by atoms with Crippen molar-refractivity contribution in [3.63, 3.8) is 0 Å². The van der Waals surface area contributed by atoms with E-state index in [4.69, 9.17) is 14.5 Å². The number of nitrogens with zero attached hydrogens (tertiary/aromatic N) is 2. The van der Waals surface area contributed by atoms with Crippen LogP contribution in [0.4, 0.5) is 4.79 Å². The molecular formula is C21H22N4O3. The first-order chi connectivity index (χ1) is 13.8. The number of para-hydroxylation sites is 2. The summed E-state index contributed by atoms with van der Waals surface area (Å²) < 4.78 is 10.7. The van der Waals surface area contributed by atoms with Crippen LogP contribution in [0.3, 0.4) is 0 Å². The Bertz CT molecular complexity index is 983. The van der Waals surface area contributed by atoms with Crippen molar-refractivity contribution in [3.8, 4) is 11.5 Å². The van der Waals surface area contributed by atoms with Crippen LogP contribution < -0.4 is 14.8 Å². The molecule has 2 aromatic carbocycles. The topological polar surface area (TPSA) is 79.5 Å². The van der Waals surface area contributed by atoms with Crippen molar-refractivity contribution in [3.05, 3.63) is 53.9 Å². The maximum atomic E-state index is 12.9. The normalized spacial score (nSPS) is 18.4. The molecule has 2 amide bonds. The first kappa shape index (κ1) is 16.9. The lowest BCUT2D eigenvalue weighted by Crippen LogP contribution is -2.44. The molecule has 28 heavy (non-hydrogen) atoms. The quantitative estimate of drug-likeness (QED) is 0.728. The highest BCUT2D eigenvalue weighted by Crippen LogP contribution is 2.33. The van der Waals surface area contributed by atoms with Crippen LogP contribution in [-0.4, -0.2) is 34.2 Å². The zero-order chi connectivity index (χ0) is 18.9. The highest BCUT2D eigenvalue weighted by Gasteiger charge is 2.30. The van der Waals surface area contributed by atoms with E-state index >= 15 is 0 Å². The van der Waals surface area contributed by atoms with E-state index in [-0.39, 0.29) is 18.9 Å². The Labute approximate surface area is 162 Å². The zero-order valence-electron chi connectivity index (χ0n) is 15.5. The number of rotatable bonds is 3. The second-order valence-corrected chi connectivity index (χ2v) is 7.19. The number of hydrogen-bond acceptors (Lipinski definition) is 4. The number of ether oxygens (including phenoxy) is 2. The number of nitrogens with one attached hydrogen (secondary N) is 2. The third kappa shape index (κ3) is 3.13. The Balaban J connectivity index is 1.30. The predicted octanol–water partition coefficient (Wildman–Crippen LogP) is 3.73. The summed E-state index contributed by atoms with van der Waals surface area (Å²) in [6, 6.07) is 13.6. The number of piperidine rings is 1. The molecule has 1 aromatic heterocycles. The van der Waals surface area contributed by atoms with Gasteiger partial charge >= 0.3 is 6.03 Å². The molecule has 0 aliphatic carbocycles. The molecule has 2 aliphatic rings. The van der Waals surface area contributed by atoms with E-state index in [1.807, 2.05) is 47.4 Å². The zero-order valence-corrected chi connectivity index (χ0v) is 15.5. The van der Waals surface area contributed by atoms with Gasteiger partial charge in [-0.1, -0.05) is 18.2 Å². The fraction of sp³-hybridized carbons (Fsp3) is 0.333. The summed E-state index contributed by atoms with van der Waals surface area (Å²) in [4.78, 5) is 22.9. The summed E-state index contributed by atoms with van der Waals surface area (Å²) in [5.74, 6) is 2.33. The summed E-state index contributed by atoms with van der Waals surface area (Å²) in [7, 11) is 0. The number of likely N-dealkylation sites (tertiary alicyclic amines) is 1. The molecule has 0 saturated carbocycles. The van der Waals surface area contributed by atoms with Crippen molar-refractivity contribution in [2.45, 2.75) is 31.8 Å². The average Bonchev–Trinajstić information content (AvgIpc) is 3.38. The third-order valence-electron chi connectivity index (χ3n) is 5.37. The van der Waals surface area contributed by atoms with Gasteiger partial charge in [0.2, 0.25) is 6.79 Å². The van der Waals surface area contributed by atoms with E-state index in [0.29, 0.717) is 6.54 Å².